The molecule has 2 aromatic carbocycles. The van der Waals surface area contributed by atoms with Crippen LogP contribution in [0.15, 0.2) is 48.5 Å². The van der Waals surface area contributed by atoms with Crippen molar-refractivity contribution in [3.63, 3.8) is 0 Å². The van der Waals surface area contributed by atoms with E-state index in [0.717, 1.165) is 11.1 Å². The lowest BCUT2D eigenvalue weighted by molar-refractivity contribution is -0.116. The van der Waals surface area contributed by atoms with Gasteiger partial charge in [-0.25, -0.2) is 9.37 Å². The number of amides is 1. The molecule has 1 atom stereocenters. The smallest absolute Gasteiger partial charge is 0.224 e. The van der Waals surface area contributed by atoms with Gasteiger partial charge in [-0.05, 0) is 42.7 Å². The van der Waals surface area contributed by atoms with E-state index in [0.29, 0.717) is 23.8 Å². The Balaban J connectivity index is 1.72. The van der Waals surface area contributed by atoms with Gasteiger partial charge in [0, 0.05) is 12.0 Å². The third kappa shape index (κ3) is 4.09. The molecule has 0 radical (unpaired) electrons. The number of hydrogen-bond acceptors (Lipinski definition) is 3. The lowest BCUT2D eigenvalue weighted by atomic mass is 9.97. The van der Waals surface area contributed by atoms with Crippen molar-refractivity contribution >= 4 is 11.6 Å². The Hall–Kier alpha value is -3.02. The fourth-order valence-corrected chi connectivity index (χ4v) is 2.64. The molecule has 3 rings (SSSR count). The summed E-state index contributed by atoms with van der Waals surface area (Å²) in [5.41, 5.74) is 2.35. The van der Waals surface area contributed by atoms with Crippen molar-refractivity contribution in [1.29, 1.82) is 0 Å². The molecule has 0 bridgehead atoms. The van der Waals surface area contributed by atoms with Crippen LogP contribution < -0.4 is 5.32 Å². The van der Waals surface area contributed by atoms with E-state index in [1.807, 2.05) is 38.1 Å². The first-order valence-corrected chi connectivity index (χ1v) is 8.06. The number of aromatic amines is 1. The van der Waals surface area contributed by atoms with E-state index in [-0.39, 0.29) is 17.6 Å². The minimum Gasteiger partial charge on any atom is -0.325 e. The molecule has 1 heterocycles. The van der Waals surface area contributed by atoms with Crippen molar-refractivity contribution in [3.8, 4) is 11.4 Å². The van der Waals surface area contributed by atoms with E-state index < -0.39 is 0 Å². The highest BCUT2D eigenvalue weighted by Crippen LogP contribution is 2.26. The van der Waals surface area contributed by atoms with Gasteiger partial charge in [0.15, 0.2) is 5.82 Å². The maximum Gasteiger partial charge on any atom is 0.224 e. The topological polar surface area (TPSA) is 70.7 Å². The van der Waals surface area contributed by atoms with Crippen LogP contribution in [-0.4, -0.2) is 21.1 Å². The molecule has 1 aromatic heterocycles. The summed E-state index contributed by atoms with van der Waals surface area (Å²) in [6.07, 6.45) is 0.299. The van der Waals surface area contributed by atoms with Gasteiger partial charge in [0.25, 0.3) is 0 Å². The molecule has 0 saturated carbocycles. The summed E-state index contributed by atoms with van der Waals surface area (Å²) in [6.45, 7) is 3.76. The number of aromatic nitrogens is 3. The van der Waals surface area contributed by atoms with Gasteiger partial charge < -0.3 is 5.32 Å². The number of halogens is 1. The second-order valence-corrected chi connectivity index (χ2v) is 5.99. The highest BCUT2D eigenvalue weighted by molar-refractivity contribution is 5.95. The second kappa shape index (κ2) is 7.25. The lowest BCUT2D eigenvalue weighted by Crippen LogP contribution is -2.15. The molecule has 2 N–H and O–H groups in total. The van der Waals surface area contributed by atoms with Crippen molar-refractivity contribution < 1.29 is 9.18 Å². The zero-order valence-corrected chi connectivity index (χ0v) is 14.1. The molecular weight excluding hydrogens is 319 g/mol. The summed E-state index contributed by atoms with van der Waals surface area (Å²) < 4.78 is 13.0. The molecule has 0 aliphatic heterocycles. The molecule has 6 heteroatoms. The maximum absolute atomic E-state index is 13.0. The first-order chi connectivity index (χ1) is 12.0. The zero-order valence-electron chi connectivity index (χ0n) is 14.1. The van der Waals surface area contributed by atoms with Crippen LogP contribution in [0.25, 0.3) is 11.4 Å². The highest BCUT2D eigenvalue weighted by Gasteiger charge is 2.15. The standard InChI is InChI=1S/C19H19FN4O/c1-12(14-7-9-15(20)10-8-14)11-18(25)22-17-6-4-3-5-16(17)19-21-13(2)23-24-19/h3-10,12H,11H2,1-2H3,(H,22,25)(H,21,23,24)/t12-/m1/s1. The summed E-state index contributed by atoms with van der Waals surface area (Å²) in [5.74, 6) is 0.840. The van der Waals surface area contributed by atoms with Crippen molar-refractivity contribution in [3.05, 3.63) is 65.7 Å². The number of nitrogens with one attached hydrogen (secondary N) is 2. The minimum absolute atomic E-state index is 0.0153. The number of rotatable bonds is 5. The summed E-state index contributed by atoms with van der Waals surface area (Å²) in [7, 11) is 0. The minimum atomic E-state index is -0.281. The Kier molecular flexibility index (Phi) is 4.88. The number of nitrogens with zero attached hydrogens (tertiary/aromatic N) is 2. The number of anilines is 1. The largest absolute Gasteiger partial charge is 0.325 e. The molecule has 0 aliphatic rings. The number of para-hydroxylation sites is 1. The van der Waals surface area contributed by atoms with Gasteiger partial charge in [-0.3, -0.25) is 9.89 Å². The Bertz CT molecular complexity index is 873. The van der Waals surface area contributed by atoms with Crippen LogP contribution >= 0.6 is 0 Å². The van der Waals surface area contributed by atoms with Gasteiger partial charge in [0.1, 0.15) is 11.6 Å². The van der Waals surface area contributed by atoms with Gasteiger partial charge >= 0.3 is 0 Å². The molecule has 0 spiro atoms. The molecule has 25 heavy (non-hydrogen) atoms. The second-order valence-electron chi connectivity index (χ2n) is 5.99. The Morgan fingerprint density at radius 2 is 1.92 bits per heavy atom. The summed E-state index contributed by atoms with van der Waals surface area (Å²) in [4.78, 5) is 16.7. The molecule has 0 saturated heterocycles. The molecule has 3 aromatic rings. The number of benzene rings is 2. The van der Waals surface area contributed by atoms with Crippen LogP contribution in [0.5, 0.6) is 0 Å². The van der Waals surface area contributed by atoms with E-state index in [1.165, 1.54) is 12.1 Å². The SMILES string of the molecule is Cc1nc(-c2ccccc2NC(=O)C[C@@H](C)c2ccc(F)cc2)n[nH]1. The van der Waals surface area contributed by atoms with Crippen LogP contribution in [0.1, 0.15) is 30.7 Å². The monoisotopic (exact) mass is 338 g/mol. The molecule has 1 amide bonds. The van der Waals surface area contributed by atoms with E-state index in [1.54, 1.807) is 12.1 Å². The third-order valence-corrected chi connectivity index (χ3v) is 3.97. The number of H-pyrrole nitrogens is 1. The molecule has 128 valence electrons. The van der Waals surface area contributed by atoms with E-state index >= 15 is 0 Å². The van der Waals surface area contributed by atoms with Gasteiger partial charge in [-0.15, -0.1) is 0 Å². The van der Waals surface area contributed by atoms with Gasteiger partial charge in [0.05, 0.1) is 5.69 Å². The number of aryl methyl sites for hydroxylation is 1. The van der Waals surface area contributed by atoms with Crippen LogP contribution in [0.2, 0.25) is 0 Å². The van der Waals surface area contributed by atoms with E-state index in [9.17, 15) is 9.18 Å². The first-order valence-electron chi connectivity index (χ1n) is 8.06. The van der Waals surface area contributed by atoms with Crippen LogP contribution in [0.3, 0.4) is 0 Å². The zero-order chi connectivity index (χ0) is 17.8. The normalized spacial score (nSPS) is 12.0. The van der Waals surface area contributed by atoms with Gasteiger partial charge in [0.2, 0.25) is 5.91 Å². The van der Waals surface area contributed by atoms with E-state index in [4.69, 9.17) is 0 Å². The van der Waals surface area contributed by atoms with Crippen molar-refractivity contribution in [2.75, 3.05) is 5.32 Å². The van der Waals surface area contributed by atoms with Crippen LogP contribution in [0, 0.1) is 12.7 Å². The molecule has 5 nitrogen and oxygen atoms in total. The summed E-state index contributed by atoms with van der Waals surface area (Å²) >= 11 is 0. The van der Waals surface area contributed by atoms with Crippen molar-refractivity contribution in [1.82, 2.24) is 15.2 Å². The van der Waals surface area contributed by atoms with Gasteiger partial charge in [-0.2, -0.15) is 5.10 Å². The maximum atomic E-state index is 13.0. The quantitative estimate of drug-likeness (QED) is 0.737. The Morgan fingerprint density at radius 1 is 1.20 bits per heavy atom. The Morgan fingerprint density at radius 3 is 2.60 bits per heavy atom. The predicted octanol–water partition coefficient (Wildman–Crippen LogP) is 4.05. The van der Waals surface area contributed by atoms with Crippen molar-refractivity contribution in [2.45, 2.75) is 26.2 Å². The fourth-order valence-electron chi connectivity index (χ4n) is 2.64. The number of carbonyl (C=O) groups excluding carboxylic acids is 1. The number of carbonyl (C=O) groups is 1. The number of hydrogen-bond donors (Lipinski definition) is 2. The summed E-state index contributed by atoms with van der Waals surface area (Å²) in [5, 5.41) is 9.87. The fraction of sp³-hybridized carbons (Fsp3) is 0.211. The van der Waals surface area contributed by atoms with Crippen LogP contribution in [-0.2, 0) is 4.79 Å². The molecule has 0 fully saturated rings. The average molecular weight is 338 g/mol. The van der Waals surface area contributed by atoms with Crippen molar-refractivity contribution in [2.24, 2.45) is 0 Å². The lowest BCUT2D eigenvalue weighted by Gasteiger charge is -2.13. The average Bonchev–Trinajstić information content (AvgIpc) is 3.02. The molecule has 0 aliphatic carbocycles. The molecule has 0 unspecified atom stereocenters. The van der Waals surface area contributed by atoms with E-state index in [2.05, 4.69) is 20.5 Å². The summed E-state index contributed by atoms with van der Waals surface area (Å²) in [6, 6.07) is 13.6. The predicted molar refractivity (Wildman–Crippen MR) is 94.6 cm³/mol. The molecular formula is C19H19FN4O. The highest BCUT2D eigenvalue weighted by atomic mass is 19.1. The first kappa shape index (κ1) is 16.8. The van der Waals surface area contributed by atoms with Gasteiger partial charge in [-0.1, -0.05) is 31.2 Å². The van der Waals surface area contributed by atoms with Crippen LogP contribution in [0.4, 0.5) is 10.1 Å². The third-order valence-electron chi connectivity index (χ3n) is 3.97. The Labute approximate surface area is 145 Å².